The molecule has 0 aliphatic heterocycles. The third-order valence-electron chi connectivity index (χ3n) is 3.25. The predicted molar refractivity (Wildman–Crippen MR) is 86.2 cm³/mol. The van der Waals surface area contributed by atoms with Crippen molar-refractivity contribution in [1.29, 1.82) is 0 Å². The van der Waals surface area contributed by atoms with Gasteiger partial charge < -0.3 is 10.2 Å². The zero-order valence-electron chi connectivity index (χ0n) is 12.4. The lowest BCUT2D eigenvalue weighted by molar-refractivity contribution is 0.102. The molecule has 1 amide bonds. The number of hydrogen-bond acceptors (Lipinski definition) is 3. The first-order valence-corrected chi connectivity index (χ1v) is 7.28. The van der Waals surface area contributed by atoms with Crippen LogP contribution in [0.2, 0.25) is 5.02 Å². The zero-order valence-corrected chi connectivity index (χ0v) is 13.2. The van der Waals surface area contributed by atoms with Gasteiger partial charge >= 0.3 is 0 Å². The fourth-order valence-corrected chi connectivity index (χ4v) is 2.41. The number of halogens is 1. The van der Waals surface area contributed by atoms with Crippen LogP contribution >= 0.6 is 11.6 Å². The second kappa shape index (κ2) is 6.63. The van der Waals surface area contributed by atoms with Gasteiger partial charge in [0.15, 0.2) is 5.69 Å². The standard InChI is InChI=1S/C15H19ClN4O/c1-4-20(5-2)12-8-6-11(7-9-12)17-15(21)14-13(16)10-19(3)18-14/h6-10H,4-5H2,1-3H3,(H,17,21). The number of anilines is 2. The van der Waals surface area contributed by atoms with E-state index in [4.69, 9.17) is 11.6 Å². The van der Waals surface area contributed by atoms with Crippen LogP contribution in [0.5, 0.6) is 0 Å². The Labute approximate surface area is 129 Å². The van der Waals surface area contributed by atoms with E-state index in [-0.39, 0.29) is 11.6 Å². The summed E-state index contributed by atoms with van der Waals surface area (Å²) in [5.41, 5.74) is 2.08. The molecule has 0 unspecified atom stereocenters. The normalized spacial score (nSPS) is 10.5. The molecule has 21 heavy (non-hydrogen) atoms. The number of aromatic nitrogens is 2. The molecule has 0 fully saturated rings. The van der Waals surface area contributed by atoms with Crippen LogP contribution < -0.4 is 10.2 Å². The van der Waals surface area contributed by atoms with Crippen molar-refractivity contribution in [3.63, 3.8) is 0 Å². The van der Waals surface area contributed by atoms with E-state index in [1.54, 1.807) is 13.2 Å². The summed E-state index contributed by atoms with van der Waals surface area (Å²) < 4.78 is 1.51. The monoisotopic (exact) mass is 306 g/mol. The molecule has 0 radical (unpaired) electrons. The average molecular weight is 307 g/mol. The first-order valence-electron chi connectivity index (χ1n) is 6.90. The molecule has 0 aliphatic carbocycles. The molecule has 0 aliphatic rings. The maximum absolute atomic E-state index is 12.1. The highest BCUT2D eigenvalue weighted by Gasteiger charge is 2.14. The smallest absolute Gasteiger partial charge is 0.277 e. The maximum atomic E-state index is 12.1. The summed E-state index contributed by atoms with van der Waals surface area (Å²) in [6, 6.07) is 7.73. The Hall–Kier alpha value is -2.01. The number of nitrogens with zero attached hydrogens (tertiary/aromatic N) is 3. The maximum Gasteiger partial charge on any atom is 0.277 e. The van der Waals surface area contributed by atoms with Crippen molar-refractivity contribution in [2.24, 2.45) is 7.05 Å². The quantitative estimate of drug-likeness (QED) is 0.923. The molecule has 0 bridgehead atoms. The summed E-state index contributed by atoms with van der Waals surface area (Å²) in [6.45, 7) is 6.13. The second-order valence-corrected chi connectivity index (χ2v) is 5.08. The molecule has 112 valence electrons. The highest BCUT2D eigenvalue weighted by atomic mass is 35.5. The van der Waals surface area contributed by atoms with Gasteiger partial charge in [0.05, 0.1) is 5.02 Å². The molecule has 0 spiro atoms. The van der Waals surface area contributed by atoms with Crippen molar-refractivity contribution in [2.45, 2.75) is 13.8 Å². The van der Waals surface area contributed by atoms with Crippen molar-refractivity contribution in [2.75, 3.05) is 23.3 Å². The summed E-state index contributed by atoms with van der Waals surface area (Å²) in [5, 5.41) is 7.18. The van der Waals surface area contributed by atoms with Crippen molar-refractivity contribution >= 4 is 28.9 Å². The topological polar surface area (TPSA) is 50.2 Å². The number of amides is 1. The van der Waals surface area contributed by atoms with E-state index in [1.807, 2.05) is 24.3 Å². The first-order chi connectivity index (χ1) is 10.0. The zero-order chi connectivity index (χ0) is 15.4. The van der Waals surface area contributed by atoms with Crippen molar-refractivity contribution in [3.05, 3.63) is 41.2 Å². The van der Waals surface area contributed by atoms with E-state index in [0.717, 1.165) is 24.5 Å². The lowest BCUT2D eigenvalue weighted by atomic mass is 10.2. The molecule has 1 N–H and O–H groups in total. The molecule has 2 aromatic rings. The first kappa shape index (κ1) is 15.4. The number of benzene rings is 1. The third-order valence-corrected chi connectivity index (χ3v) is 3.53. The number of carbonyl (C=O) groups excluding carboxylic acids is 1. The summed E-state index contributed by atoms with van der Waals surface area (Å²) in [7, 11) is 1.72. The Morgan fingerprint density at radius 2 is 1.90 bits per heavy atom. The molecule has 0 atom stereocenters. The van der Waals surface area contributed by atoms with Crippen LogP contribution in [-0.4, -0.2) is 28.8 Å². The van der Waals surface area contributed by atoms with Crippen molar-refractivity contribution in [1.82, 2.24) is 9.78 Å². The molecule has 0 saturated carbocycles. The summed E-state index contributed by atoms with van der Waals surface area (Å²) in [6.07, 6.45) is 1.60. The van der Waals surface area contributed by atoms with Crippen molar-refractivity contribution in [3.8, 4) is 0 Å². The molecular weight excluding hydrogens is 288 g/mol. The molecule has 0 saturated heterocycles. The van der Waals surface area contributed by atoms with Crippen LogP contribution in [-0.2, 0) is 7.05 Å². The Morgan fingerprint density at radius 1 is 1.29 bits per heavy atom. The molecule has 6 heteroatoms. The van der Waals surface area contributed by atoms with Gasteiger partial charge in [0.25, 0.3) is 5.91 Å². The van der Waals surface area contributed by atoms with Crippen LogP contribution in [0.4, 0.5) is 11.4 Å². The Kier molecular flexibility index (Phi) is 4.85. The van der Waals surface area contributed by atoms with Gasteiger partial charge in [-0.25, -0.2) is 0 Å². The minimum atomic E-state index is -0.309. The molecule has 1 aromatic heterocycles. The van der Waals surface area contributed by atoms with Gasteiger partial charge in [-0.1, -0.05) is 11.6 Å². The van der Waals surface area contributed by atoms with Gasteiger partial charge in [0.2, 0.25) is 0 Å². The minimum absolute atomic E-state index is 0.229. The lowest BCUT2D eigenvalue weighted by Crippen LogP contribution is -2.21. The minimum Gasteiger partial charge on any atom is -0.372 e. The van der Waals surface area contributed by atoms with Gasteiger partial charge in [-0.15, -0.1) is 0 Å². The second-order valence-electron chi connectivity index (χ2n) is 4.67. The summed E-state index contributed by atoms with van der Waals surface area (Å²) in [4.78, 5) is 14.3. The van der Waals surface area contributed by atoms with Crippen LogP contribution in [0.25, 0.3) is 0 Å². The van der Waals surface area contributed by atoms with E-state index in [1.165, 1.54) is 4.68 Å². The predicted octanol–water partition coefficient (Wildman–Crippen LogP) is 3.17. The summed E-state index contributed by atoms with van der Waals surface area (Å²) in [5.74, 6) is -0.309. The Morgan fingerprint density at radius 3 is 2.38 bits per heavy atom. The fraction of sp³-hybridized carbons (Fsp3) is 0.333. The molecule has 5 nitrogen and oxygen atoms in total. The van der Waals surface area contributed by atoms with Gasteiger partial charge in [0.1, 0.15) is 0 Å². The third kappa shape index (κ3) is 3.55. The summed E-state index contributed by atoms with van der Waals surface area (Å²) >= 11 is 5.96. The lowest BCUT2D eigenvalue weighted by Gasteiger charge is -2.21. The van der Waals surface area contributed by atoms with Gasteiger partial charge in [-0.05, 0) is 38.1 Å². The Bertz CT molecular complexity index is 617. The van der Waals surface area contributed by atoms with E-state index in [9.17, 15) is 4.79 Å². The van der Waals surface area contributed by atoms with Crippen LogP contribution in [0.1, 0.15) is 24.3 Å². The van der Waals surface area contributed by atoms with Crippen LogP contribution in [0, 0.1) is 0 Å². The van der Waals surface area contributed by atoms with E-state index < -0.39 is 0 Å². The largest absolute Gasteiger partial charge is 0.372 e. The number of aryl methyl sites for hydroxylation is 1. The van der Waals surface area contributed by atoms with E-state index in [2.05, 4.69) is 29.2 Å². The van der Waals surface area contributed by atoms with Gasteiger partial charge in [0, 0.05) is 37.7 Å². The SMILES string of the molecule is CCN(CC)c1ccc(NC(=O)c2nn(C)cc2Cl)cc1. The number of carbonyl (C=O) groups is 1. The van der Waals surface area contributed by atoms with Crippen molar-refractivity contribution < 1.29 is 4.79 Å². The van der Waals surface area contributed by atoms with Crippen LogP contribution in [0.15, 0.2) is 30.5 Å². The van der Waals surface area contributed by atoms with E-state index in [0.29, 0.717) is 5.02 Å². The number of nitrogens with one attached hydrogen (secondary N) is 1. The van der Waals surface area contributed by atoms with E-state index >= 15 is 0 Å². The average Bonchev–Trinajstić information content (AvgIpc) is 2.81. The van der Waals surface area contributed by atoms with Gasteiger partial charge in [-0.3, -0.25) is 9.48 Å². The number of hydrogen-bond donors (Lipinski definition) is 1. The molecule has 1 heterocycles. The highest BCUT2D eigenvalue weighted by molar-refractivity contribution is 6.34. The Balaban J connectivity index is 2.10. The molecular formula is C15H19ClN4O. The van der Waals surface area contributed by atoms with Gasteiger partial charge in [-0.2, -0.15) is 5.10 Å². The fourth-order valence-electron chi connectivity index (χ4n) is 2.15. The van der Waals surface area contributed by atoms with Crippen LogP contribution in [0.3, 0.4) is 0 Å². The molecule has 2 rings (SSSR count). The number of rotatable bonds is 5. The highest BCUT2D eigenvalue weighted by Crippen LogP contribution is 2.19. The molecule has 1 aromatic carbocycles.